The fourth-order valence-corrected chi connectivity index (χ4v) is 3.34. The maximum Gasteiger partial charge on any atom is 0.0701 e. The Morgan fingerprint density at radius 1 is 1.53 bits per heavy atom. The van der Waals surface area contributed by atoms with Crippen molar-refractivity contribution in [3.8, 4) is 0 Å². The van der Waals surface area contributed by atoms with Gasteiger partial charge in [-0.2, -0.15) is 0 Å². The highest BCUT2D eigenvalue weighted by Gasteiger charge is 2.23. The summed E-state index contributed by atoms with van der Waals surface area (Å²) in [5.74, 6) is 0. The fourth-order valence-electron chi connectivity index (χ4n) is 1.83. The maximum atomic E-state index is 5.62. The smallest absolute Gasteiger partial charge is 0.0701 e. The number of thiophene rings is 1. The average molecular weight is 290 g/mol. The minimum absolute atomic E-state index is 0.365. The Morgan fingerprint density at radius 2 is 2.33 bits per heavy atom. The molecule has 1 fully saturated rings. The van der Waals surface area contributed by atoms with Gasteiger partial charge in [-0.25, -0.2) is 0 Å². The summed E-state index contributed by atoms with van der Waals surface area (Å²) in [4.78, 5) is 3.91. The van der Waals surface area contributed by atoms with Crippen LogP contribution in [-0.2, 0) is 11.3 Å². The number of morpholine rings is 1. The summed E-state index contributed by atoms with van der Waals surface area (Å²) in [6.07, 6.45) is 0.365. The molecule has 0 aromatic carbocycles. The van der Waals surface area contributed by atoms with E-state index >= 15 is 0 Å². The SMILES string of the molecule is CC1CN(Cc2ccc(Br)s2)C(C)CO1. The van der Waals surface area contributed by atoms with Crippen LogP contribution in [0.15, 0.2) is 15.9 Å². The molecule has 0 radical (unpaired) electrons. The summed E-state index contributed by atoms with van der Waals surface area (Å²) in [6.45, 7) is 7.31. The van der Waals surface area contributed by atoms with Gasteiger partial charge in [0.1, 0.15) is 0 Å². The first-order valence-corrected chi connectivity index (χ1v) is 6.86. The lowest BCUT2D eigenvalue weighted by atomic mass is 10.2. The van der Waals surface area contributed by atoms with Crippen molar-refractivity contribution in [1.82, 2.24) is 4.90 Å². The normalized spacial score (nSPS) is 28.2. The molecule has 0 amide bonds. The molecule has 1 aromatic rings. The van der Waals surface area contributed by atoms with Crippen molar-refractivity contribution in [2.24, 2.45) is 0 Å². The largest absolute Gasteiger partial charge is 0.376 e. The van der Waals surface area contributed by atoms with Crippen LogP contribution in [0, 0.1) is 0 Å². The zero-order valence-electron chi connectivity index (χ0n) is 9.07. The first kappa shape index (κ1) is 11.6. The quantitative estimate of drug-likeness (QED) is 0.830. The van der Waals surface area contributed by atoms with E-state index in [2.05, 4.69) is 46.8 Å². The van der Waals surface area contributed by atoms with Crippen molar-refractivity contribution in [2.75, 3.05) is 13.2 Å². The predicted octanol–water partition coefficient (Wildman–Crippen LogP) is 3.12. The molecule has 2 heterocycles. The van der Waals surface area contributed by atoms with E-state index in [0.717, 1.165) is 19.7 Å². The fraction of sp³-hybridized carbons (Fsp3) is 0.636. The van der Waals surface area contributed by atoms with Crippen molar-refractivity contribution in [1.29, 1.82) is 0 Å². The highest BCUT2D eigenvalue weighted by atomic mass is 79.9. The van der Waals surface area contributed by atoms with Gasteiger partial charge in [0.25, 0.3) is 0 Å². The standard InChI is InChI=1S/C11H16BrNOS/c1-8-7-14-9(2)5-13(8)6-10-3-4-11(12)15-10/h3-4,8-9H,5-7H2,1-2H3. The Kier molecular flexibility index (Phi) is 3.83. The van der Waals surface area contributed by atoms with Crippen LogP contribution in [0.5, 0.6) is 0 Å². The second kappa shape index (κ2) is 4.95. The van der Waals surface area contributed by atoms with E-state index in [1.54, 1.807) is 0 Å². The first-order valence-electron chi connectivity index (χ1n) is 5.25. The minimum atomic E-state index is 0.365. The van der Waals surface area contributed by atoms with Crippen LogP contribution in [0.4, 0.5) is 0 Å². The first-order chi connectivity index (χ1) is 7.15. The summed E-state index contributed by atoms with van der Waals surface area (Å²) in [5, 5.41) is 0. The molecule has 0 aliphatic carbocycles. The lowest BCUT2D eigenvalue weighted by Gasteiger charge is -2.36. The highest BCUT2D eigenvalue weighted by Crippen LogP contribution is 2.24. The zero-order chi connectivity index (χ0) is 10.8. The zero-order valence-corrected chi connectivity index (χ0v) is 11.5. The molecule has 0 spiro atoms. The molecule has 2 unspecified atom stereocenters. The Hall–Kier alpha value is 0.1000. The Bertz CT molecular complexity index is 328. The lowest BCUT2D eigenvalue weighted by molar-refractivity contribution is -0.0523. The number of rotatable bonds is 2. The van der Waals surface area contributed by atoms with E-state index in [0.29, 0.717) is 12.1 Å². The van der Waals surface area contributed by atoms with Crippen LogP contribution in [0.3, 0.4) is 0 Å². The Morgan fingerprint density at radius 3 is 3.00 bits per heavy atom. The number of ether oxygens (including phenoxy) is 1. The summed E-state index contributed by atoms with van der Waals surface area (Å²) in [7, 11) is 0. The molecule has 84 valence electrons. The third-order valence-corrected chi connectivity index (χ3v) is 4.33. The van der Waals surface area contributed by atoms with Crippen molar-refractivity contribution in [2.45, 2.75) is 32.5 Å². The van der Waals surface area contributed by atoms with Gasteiger partial charge in [-0.3, -0.25) is 4.90 Å². The molecular formula is C11H16BrNOS. The second-order valence-corrected chi connectivity index (χ2v) is 6.68. The molecular weight excluding hydrogens is 274 g/mol. The van der Waals surface area contributed by atoms with Gasteiger partial charge in [0.2, 0.25) is 0 Å². The van der Waals surface area contributed by atoms with Gasteiger partial charge in [-0.15, -0.1) is 11.3 Å². The molecule has 4 heteroatoms. The Labute approximate surface area is 103 Å². The molecule has 0 saturated carbocycles. The van der Waals surface area contributed by atoms with Gasteiger partial charge in [0.05, 0.1) is 16.5 Å². The van der Waals surface area contributed by atoms with Crippen LogP contribution in [0.1, 0.15) is 18.7 Å². The summed E-state index contributed by atoms with van der Waals surface area (Å²) in [6, 6.07) is 4.85. The van der Waals surface area contributed by atoms with Gasteiger partial charge in [-0.1, -0.05) is 0 Å². The van der Waals surface area contributed by atoms with Gasteiger partial charge in [0.15, 0.2) is 0 Å². The summed E-state index contributed by atoms with van der Waals surface area (Å²) in [5.41, 5.74) is 0. The van der Waals surface area contributed by atoms with Crippen LogP contribution < -0.4 is 0 Å². The van der Waals surface area contributed by atoms with E-state index in [1.807, 2.05) is 11.3 Å². The number of halogens is 1. The van der Waals surface area contributed by atoms with Gasteiger partial charge < -0.3 is 4.74 Å². The van der Waals surface area contributed by atoms with Crippen LogP contribution >= 0.6 is 27.3 Å². The molecule has 0 N–H and O–H groups in total. The van der Waals surface area contributed by atoms with Crippen molar-refractivity contribution in [3.63, 3.8) is 0 Å². The molecule has 1 aliphatic heterocycles. The van der Waals surface area contributed by atoms with Gasteiger partial charge in [-0.05, 0) is 41.9 Å². The third kappa shape index (κ3) is 3.03. The predicted molar refractivity (Wildman–Crippen MR) is 67.3 cm³/mol. The molecule has 2 rings (SSSR count). The molecule has 1 saturated heterocycles. The minimum Gasteiger partial charge on any atom is -0.376 e. The molecule has 0 bridgehead atoms. The number of hydrogen-bond donors (Lipinski definition) is 0. The van der Waals surface area contributed by atoms with Gasteiger partial charge >= 0.3 is 0 Å². The van der Waals surface area contributed by atoms with E-state index < -0.39 is 0 Å². The summed E-state index contributed by atoms with van der Waals surface area (Å²) < 4.78 is 6.83. The molecule has 2 atom stereocenters. The highest BCUT2D eigenvalue weighted by molar-refractivity contribution is 9.11. The topological polar surface area (TPSA) is 12.5 Å². The monoisotopic (exact) mass is 289 g/mol. The average Bonchev–Trinajstić information content (AvgIpc) is 2.58. The van der Waals surface area contributed by atoms with E-state index in [-0.39, 0.29) is 0 Å². The van der Waals surface area contributed by atoms with Crippen molar-refractivity contribution in [3.05, 3.63) is 20.8 Å². The lowest BCUT2D eigenvalue weighted by Crippen LogP contribution is -2.46. The van der Waals surface area contributed by atoms with Crippen LogP contribution in [0.2, 0.25) is 0 Å². The van der Waals surface area contributed by atoms with Crippen molar-refractivity contribution >= 4 is 27.3 Å². The number of hydrogen-bond acceptors (Lipinski definition) is 3. The number of nitrogens with zero attached hydrogens (tertiary/aromatic N) is 1. The van der Waals surface area contributed by atoms with Crippen molar-refractivity contribution < 1.29 is 4.74 Å². The van der Waals surface area contributed by atoms with E-state index in [4.69, 9.17) is 4.74 Å². The molecule has 1 aliphatic rings. The second-order valence-electron chi connectivity index (χ2n) is 4.13. The Balaban J connectivity index is 1.98. The van der Waals surface area contributed by atoms with Gasteiger partial charge in [0, 0.05) is 24.0 Å². The van der Waals surface area contributed by atoms with Crippen LogP contribution in [0.25, 0.3) is 0 Å². The van der Waals surface area contributed by atoms with E-state index in [1.165, 1.54) is 8.66 Å². The molecule has 2 nitrogen and oxygen atoms in total. The van der Waals surface area contributed by atoms with Crippen LogP contribution in [-0.4, -0.2) is 30.2 Å². The molecule has 15 heavy (non-hydrogen) atoms. The summed E-state index contributed by atoms with van der Waals surface area (Å²) >= 11 is 5.32. The molecule has 1 aromatic heterocycles. The van der Waals surface area contributed by atoms with E-state index in [9.17, 15) is 0 Å². The maximum absolute atomic E-state index is 5.62. The third-order valence-electron chi connectivity index (χ3n) is 2.72.